The van der Waals surface area contributed by atoms with E-state index < -0.39 is 0 Å². The summed E-state index contributed by atoms with van der Waals surface area (Å²) < 4.78 is 0. The average molecular weight is 393 g/mol. The maximum absolute atomic E-state index is 10.5. The highest BCUT2D eigenvalue weighted by molar-refractivity contribution is 5.84. The molecule has 2 aromatic carbocycles. The second kappa shape index (κ2) is 9.64. The van der Waals surface area contributed by atoms with E-state index in [0.717, 1.165) is 35.5 Å². The van der Waals surface area contributed by atoms with Crippen LogP contribution in [0, 0.1) is 13.8 Å². The molecule has 0 unspecified atom stereocenters. The Hall–Kier alpha value is -2.75. The summed E-state index contributed by atoms with van der Waals surface area (Å²) in [6, 6.07) is 11.2. The fraction of sp³-hybridized carbons (Fsp3) is 0.400. The first kappa shape index (κ1) is 21.0. The van der Waals surface area contributed by atoms with E-state index >= 15 is 0 Å². The van der Waals surface area contributed by atoms with Gasteiger partial charge in [0.2, 0.25) is 0 Å². The molecule has 1 aromatic heterocycles. The highest BCUT2D eigenvalue weighted by Gasteiger charge is 2.19. The molecule has 0 amide bonds. The number of benzene rings is 2. The quantitative estimate of drug-likeness (QED) is 0.356. The first-order valence-corrected chi connectivity index (χ1v) is 10.7. The molecule has 1 heterocycles. The lowest BCUT2D eigenvalue weighted by molar-refractivity contribution is 0.475. The number of aromatic amines is 1. The highest BCUT2D eigenvalue weighted by atomic mass is 16.3. The summed E-state index contributed by atoms with van der Waals surface area (Å²) in [4.78, 5) is 8.24. The lowest BCUT2D eigenvalue weighted by Crippen LogP contribution is -1.89. The number of hydrogen-bond acceptors (Lipinski definition) is 3. The Morgan fingerprint density at radius 1 is 0.793 bits per heavy atom. The number of aryl methyl sites for hydroxylation is 3. The van der Waals surface area contributed by atoms with Crippen LogP contribution in [-0.2, 0) is 6.42 Å². The largest absolute Gasteiger partial charge is 0.507 e. The zero-order valence-corrected chi connectivity index (χ0v) is 17.8. The Kier molecular flexibility index (Phi) is 6.97. The summed E-state index contributed by atoms with van der Waals surface area (Å²) in [7, 11) is 0. The molecule has 0 saturated heterocycles. The van der Waals surface area contributed by atoms with Gasteiger partial charge in [0, 0.05) is 17.5 Å². The van der Waals surface area contributed by atoms with Gasteiger partial charge in [0.15, 0.2) is 0 Å². The van der Waals surface area contributed by atoms with E-state index in [9.17, 15) is 10.2 Å². The minimum Gasteiger partial charge on any atom is -0.507 e. The second-order valence-electron chi connectivity index (χ2n) is 7.97. The Labute approximate surface area is 173 Å². The third-order valence-electron chi connectivity index (χ3n) is 5.35. The van der Waals surface area contributed by atoms with Gasteiger partial charge in [-0.3, -0.25) is 0 Å². The molecular weight excluding hydrogens is 360 g/mol. The van der Waals surface area contributed by atoms with Crippen molar-refractivity contribution in [3.63, 3.8) is 0 Å². The van der Waals surface area contributed by atoms with Crippen molar-refractivity contribution in [2.75, 3.05) is 0 Å². The molecule has 154 valence electrons. The van der Waals surface area contributed by atoms with Crippen LogP contribution in [0.2, 0.25) is 0 Å². The maximum Gasteiger partial charge on any atom is 0.125 e. The zero-order valence-electron chi connectivity index (χ0n) is 17.8. The number of phenols is 2. The van der Waals surface area contributed by atoms with Gasteiger partial charge in [-0.1, -0.05) is 51.2 Å². The molecule has 0 spiro atoms. The summed E-state index contributed by atoms with van der Waals surface area (Å²) >= 11 is 0. The number of nitrogens with one attached hydrogen (secondary N) is 1. The Balaban J connectivity index is 1.91. The van der Waals surface area contributed by atoms with E-state index in [-0.39, 0.29) is 11.5 Å². The van der Waals surface area contributed by atoms with Gasteiger partial charge in [0.05, 0.1) is 5.69 Å². The van der Waals surface area contributed by atoms with Gasteiger partial charge in [-0.15, -0.1) is 0 Å². The van der Waals surface area contributed by atoms with E-state index in [4.69, 9.17) is 4.98 Å². The molecule has 0 aliphatic carbocycles. The molecule has 0 saturated carbocycles. The maximum atomic E-state index is 10.5. The number of nitrogens with zero attached hydrogens (tertiary/aromatic N) is 1. The van der Waals surface area contributed by atoms with Crippen LogP contribution in [0.3, 0.4) is 0 Å². The number of H-pyrrole nitrogens is 1. The summed E-state index contributed by atoms with van der Waals surface area (Å²) in [6.45, 7) is 6.13. The van der Waals surface area contributed by atoms with Crippen molar-refractivity contribution in [3.05, 3.63) is 53.3 Å². The van der Waals surface area contributed by atoms with Crippen LogP contribution >= 0.6 is 0 Å². The minimum atomic E-state index is 0.204. The van der Waals surface area contributed by atoms with Gasteiger partial charge >= 0.3 is 0 Å². The third-order valence-corrected chi connectivity index (χ3v) is 5.35. The molecule has 29 heavy (non-hydrogen) atoms. The van der Waals surface area contributed by atoms with E-state index in [1.807, 2.05) is 38.1 Å². The lowest BCUT2D eigenvalue weighted by atomic mass is 10.0. The molecule has 0 aliphatic heterocycles. The molecule has 3 aromatic rings. The van der Waals surface area contributed by atoms with Crippen LogP contribution in [0.25, 0.3) is 22.5 Å². The molecule has 4 nitrogen and oxygen atoms in total. The van der Waals surface area contributed by atoms with Crippen molar-refractivity contribution in [2.45, 2.75) is 65.7 Å². The van der Waals surface area contributed by atoms with E-state index in [2.05, 4.69) is 11.9 Å². The molecule has 0 radical (unpaired) electrons. The van der Waals surface area contributed by atoms with E-state index in [1.165, 1.54) is 32.1 Å². The van der Waals surface area contributed by atoms with Crippen molar-refractivity contribution in [3.8, 4) is 34.0 Å². The zero-order chi connectivity index (χ0) is 20.8. The van der Waals surface area contributed by atoms with Crippen molar-refractivity contribution >= 4 is 0 Å². The highest BCUT2D eigenvalue weighted by Crippen LogP contribution is 2.39. The standard InChI is InChI=1S/C25H32N2O2/c1-4-5-6-7-8-9-10-23-26-24(19-13-11-17(2)15-21(19)28)25(27-23)20-14-12-18(3)16-22(20)29/h11-16,28-29H,4-10H2,1-3H3,(H,26,27). The van der Waals surface area contributed by atoms with Crippen LogP contribution in [0.4, 0.5) is 0 Å². The molecule has 0 atom stereocenters. The predicted octanol–water partition coefficient (Wildman–Crippen LogP) is 6.67. The van der Waals surface area contributed by atoms with Gasteiger partial charge in [0.25, 0.3) is 0 Å². The Bertz CT molecular complexity index is 890. The predicted molar refractivity (Wildman–Crippen MR) is 119 cm³/mol. The van der Waals surface area contributed by atoms with Crippen molar-refractivity contribution in [1.82, 2.24) is 9.97 Å². The van der Waals surface area contributed by atoms with Gasteiger partial charge in [0.1, 0.15) is 23.0 Å². The number of aromatic nitrogens is 2. The molecule has 3 N–H and O–H groups in total. The first-order chi connectivity index (χ1) is 14.0. The van der Waals surface area contributed by atoms with Crippen molar-refractivity contribution < 1.29 is 10.2 Å². The molecule has 3 rings (SSSR count). The lowest BCUT2D eigenvalue weighted by Gasteiger charge is -2.08. The average Bonchev–Trinajstić information content (AvgIpc) is 3.08. The fourth-order valence-corrected chi connectivity index (χ4v) is 3.70. The molecule has 0 bridgehead atoms. The van der Waals surface area contributed by atoms with Gasteiger partial charge < -0.3 is 15.2 Å². The smallest absolute Gasteiger partial charge is 0.125 e. The fourth-order valence-electron chi connectivity index (χ4n) is 3.70. The second-order valence-corrected chi connectivity index (χ2v) is 7.97. The summed E-state index contributed by atoms with van der Waals surface area (Å²) in [5, 5.41) is 21.0. The van der Waals surface area contributed by atoms with Crippen LogP contribution in [0.1, 0.15) is 62.4 Å². The molecule has 0 aliphatic rings. The third kappa shape index (κ3) is 5.20. The number of imidazole rings is 1. The number of aromatic hydroxyl groups is 2. The number of rotatable bonds is 9. The minimum absolute atomic E-state index is 0.204. The van der Waals surface area contributed by atoms with Crippen LogP contribution in [0.15, 0.2) is 36.4 Å². The number of unbranched alkanes of at least 4 members (excludes halogenated alkanes) is 5. The molecule has 0 fully saturated rings. The van der Waals surface area contributed by atoms with Crippen molar-refractivity contribution in [1.29, 1.82) is 0 Å². The van der Waals surface area contributed by atoms with E-state index in [1.54, 1.807) is 12.1 Å². The van der Waals surface area contributed by atoms with Crippen LogP contribution in [0.5, 0.6) is 11.5 Å². The van der Waals surface area contributed by atoms with Crippen LogP contribution < -0.4 is 0 Å². The molecule has 4 heteroatoms. The Morgan fingerprint density at radius 3 is 2.00 bits per heavy atom. The summed E-state index contributed by atoms with van der Waals surface area (Å²) in [6.07, 6.45) is 8.23. The van der Waals surface area contributed by atoms with Gasteiger partial charge in [-0.2, -0.15) is 0 Å². The van der Waals surface area contributed by atoms with Crippen LogP contribution in [-0.4, -0.2) is 20.2 Å². The Morgan fingerprint density at radius 2 is 1.38 bits per heavy atom. The summed E-state index contributed by atoms with van der Waals surface area (Å²) in [5.74, 6) is 1.31. The van der Waals surface area contributed by atoms with Gasteiger partial charge in [-0.05, 0) is 55.7 Å². The number of phenolic OH excluding ortho intramolecular Hbond substituents is 2. The van der Waals surface area contributed by atoms with Crippen molar-refractivity contribution in [2.24, 2.45) is 0 Å². The summed E-state index contributed by atoms with van der Waals surface area (Å²) in [5.41, 5.74) is 4.81. The molecular formula is C25H32N2O2. The monoisotopic (exact) mass is 392 g/mol. The number of hydrogen-bond donors (Lipinski definition) is 3. The van der Waals surface area contributed by atoms with Gasteiger partial charge in [-0.25, -0.2) is 4.98 Å². The normalized spacial score (nSPS) is 11.1. The van der Waals surface area contributed by atoms with E-state index in [0.29, 0.717) is 16.8 Å². The SMILES string of the molecule is CCCCCCCCc1nc(-c2ccc(C)cc2O)c(-c2ccc(C)cc2O)[nH]1. The first-order valence-electron chi connectivity index (χ1n) is 10.7. The topological polar surface area (TPSA) is 69.1 Å².